The second-order valence-electron chi connectivity index (χ2n) is 8.07. The minimum Gasteiger partial charge on any atom is -0.492 e. The normalized spacial score (nSPS) is 19.3. The van der Waals surface area contributed by atoms with Crippen molar-refractivity contribution >= 4 is 18.9 Å². The monoisotopic (exact) mass is 376 g/mol. The molecule has 0 spiro atoms. The van der Waals surface area contributed by atoms with Gasteiger partial charge in [-0.1, -0.05) is 12.1 Å². The Morgan fingerprint density at radius 3 is 2.30 bits per heavy atom. The van der Waals surface area contributed by atoms with E-state index in [0.29, 0.717) is 19.7 Å². The van der Waals surface area contributed by atoms with Crippen molar-refractivity contribution in [3.8, 4) is 5.75 Å². The summed E-state index contributed by atoms with van der Waals surface area (Å²) < 4.78 is 18.0. The van der Waals surface area contributed by atoms with Crippen molar-refractivity contribution in [2.24, 2.45) is 0 Å². The maximum atomic E-state index is 10.9. The average Bonchev–Trinajstić information content (AvgIpc) is 2.82. The van der Waals surface area contributed by atoms with Crippen LogP contribution in [0.15, 0.2) is 24.3 Å². The van der Waals surface area contributed by atoms with Gasteiger partial charge in [0.25, 0.3) is 0 Å². The number of rotatable bonds is 10. The van der Waals surface area contributed by atoms with E-state index in [4.69, 9.17) is 14.0 Å². The van der Waals surface area contributed by atoms with Crippen LogP contribution in [0.25, 0.3) is 0 Å². The summed E-state index contributed by atoms with van der Waals surface area (Å²) >= 11 is 0. The van der Waals surface area contributed by atoms with Crippen LogP contribution >= 0.6 is 0 Å². The van der Waals surface area contributed by atoms with Crippen molar-refractivity contribution in [2.45, 2.75) is 51.9 Å². The summed E-state index contributed by atoms with van der Waals surface area (Å²) in [5.41, 5.74) is 0.281. The lowest BCUT2D eigenvalue weighted by atomic mass is 9.79. The lowest BCUT2D eigenvalue weighted by Gasteiger charge is -2.32. The van der Waals surface area contributed by atoms with Gasteiger partial charge in [0, 0.05) is 19.1 Å². The van der Waals surface area contributed by atoms with E-state index in [0.717, 1.165) is 24.0 Å². The minimum atomic E-state index is -0.366. The van der Waals surface area contributed by atoms with Crippen LogP contribution in [0.3, 0.4) is 0 Å². The zero-order valence-corrected chi connectivity index (χ0v) is 17.5. The molecule has 1 aliphatic rings. The van der Waals surface area contributed by atoms with Crippen LogP contribution in [-0.2, 0) is 14.1 Å². The van der Waals surface area contributed by atoms with Gasteiger partial charge >= 0.3 is 7.12 Å². The van der Waals surface area contributed by atoms with Crippen molar-refractivity contribution in [1.29, 1.82) is 0 Å². The number of nitrogens with one attached hydrogen (secondary N) is 1. The number of hydrogen-bond acceptors (Lipinski definition) is 6. The smallest absolute Gasteiger partial charge is 0.492 e. The predicted octanol–water partition coefficient (Wildman–Crippen LogP) is 1.47. The fourth-order valence-corrected chi connectivity index (χ4v) is 2.99. The summed E-state index contributed by atoms with van der Waals surface area (Å²) in [7, 11) is 1.54. The SMILES string of the molecule is CNCC(C)N(CC=O)CCOc1ccc(B2OC(C)(C)C(C)(C)O2)cc1. The van der Waals surface area contributed by atoms with Crippen LogP contribution in [0.5, 0.6) is 5.75 Å². The number of ether oxygens (including phenoxy) is 1. The molecule has 0 bridgehead atoms. The summed E-state index contributed by atoms with van der Waals surface area (Å²) in [5, 5.41) is 3.14. The number of aldehydes is 1. The van der Waals surface area contributed by atoms with Crippen molar-refractivity contribution in [3.63, 3.8) is 0 Å². The number of benzene rings is 1. The Kier molecular flexibility index (Phi) is 7.45. The van der Waals surface area contributed by atoms with E-state index in [1.54, 1.807) is 0 Å². The molecule has 0 aromatic heterocycles. The molecule has 1 fully saturated rings. The summed E-state index contributed by atoms with van der Waals surface area (Å²) in [6, 6.07) is 8.09. The highest BCUT2D eigenvalue weighted by molar-refractivity contribution is 6.62. The standard InChI is InChI=1S/C20H33BN2O4/c1-16(15-22-6)23(11-13-24)12-14-25-18-9-7-17(8-10-18)21-26-19(2,3)20(4,5)27-21/h7-10,13,16,22H,11-12,14-15H2,1-6H3. The van der Waals surface area contributed by atoms with Gasteiger partial charge in [-0.15, -0.1) is 0 Å². The van der Waals surface area contributed by atoms with Crippen LogP contribution in [-0.4, -0.2) is 68.8 Å². The molecule has 1 unspecified atom stereocenters. The molecule has 0 saturated carbocycles. The molecule has 1 aromatic rings. The molecule has 0 amide bonds. The summed E-state index contributed by atoms with van der Waals surface area (Å²) in [6.45, 7) is 12.7. The maximum absolute atomic E-state index is 10.9. The lowest BCUT2D eigenvalue weighted by molar-refractivity contribution is -0.109. The Bertz CT molecular complexity index is 591. The number of carbonyl (C=O) groups excluding carboxylic acids is 1. The van der Waals surface area contributed by atoms with Crippen LogP contribution in [0.1, 0.15) is 34.6 Å². The summed E-state index contributed by atoms with van der Waals surface area (Å²) in [4.78, 5) is 13.0. The van der Waals surface area contributed by atoms with Crippen molar-refractivity contribution in [2.75, 3.05) is 33.3 Å². The summed E-state index contributed by atoms with van der Waals surface area (Å²) in [5.74, 6) is 0.794. The van der Waals surface area contributed by atoms with Crippen LogP contribution in [0, 0.1) is 0 Å². The van der Waals surface area contributed by atoms with Gasteiger partial charge in [0.15, 0.2) is 0 Å². The highest BCUT2D eigenvalue weighted by Gasteiger charge is 2.51. The molecule has 27 heavy (non-hydrogen) atoms. The topological polar surface area (TPSA) is 60.0 Å². The number of nitrogens with zero attached hydrogens (tertiary/aromatic N) is 1. The minimum absolute atomic E-state index is 0.273. The van der Waals surface area contributed by atoms with Crippen LogP contribution in [0.4, 0.5) is 0 Å². The van der Waals surface area contributed by atoms with E-state index in [-0.39, 0.29) is 24.4 Å². The largest absolute Gasteiger partial charge is 0.494 e. The molecule has 1 atom stereocenters. The molecule has 7 heteroatoms. The number of carbonyl (C=O) groups is 1. The molecule has 2 rings (SSSR count). The first kappa shape index (κ1) is 21.9. The molecule has 0 aliphatic carbocycles. The first-order valence-corrected chi connectivity index (χ1v) is 9.61. The van der Waals surface area contributed by atoms with Crippen molar-refractivity contribution < 1.29 is 18.8 Å². The molecule has 6 nitrogen and oxygen atoms in total. The Balaban J connectivity index is 1.88. The highest BCUT2D eigenvalue weighted by Crippen LogP contribution is 2.36. The van der Waals surface area contributed by atoms with Gasteiger partial charge < -0.3 is 24.2 Å². The van der Waals surface area contributed by atoms with E-state index in [1.807, 2.05) is 59.0 Å². The van der Waals surface area contributed by atoms with Gasteiger partial charge in [-0.25, -0.2) is 0 Å². The Morgan fingerprint density at radius 1 is 1.19 bits per heavy atom. The van der Waals surface area contributed by atoms with Crippen molar-refractivity contribution in [1.82, 2.24) is 10.2 Å². The van der Waals surface area contributed by atoms with E-state index < -0.39 is 0 Å². The first-order valence-electron chi connectivity index (χ1n) is 9.61. The van der Waals surface area contributed by atoms with Crippen LogP contribution < -0.4 is 15.5 Å². The van der Waals surface area contributed by atoms with E-state index >= 15 is 0 Å². The Hall–Kier alpha value is -1.41. The fraction of sp³-hybridized carbons (Fsp3) is 0.650. The quantitative estimate of drug-likeness (QED) is 0.493. The van der Waals surface area contributed by atoms with Gasteiger partial charge in [0.05, 0.1) is 17.7 Å². The zero-order chi connectivity index (χ0) is 20.1. The van der Waals surface area contributed by atoms with Gasteiger partial charge in [-0.3, -0.25) is 4.90 Å². The van der Waals surface area contributed by atoms with Crippen LogP contribution in [0.2, 0.25) is 0 Å². The molecule has 1 aliphatic heterocycles. The first-order chi connectivity index (χ1) is 12.7. The summed E-state index contributed by atoms with van der Waals surface area (Å²) in [6.07, 6.45) is 0.936. The Morgan fingerprint density at radius 2 is 1.78 bits per heavy atom. The third-order valence-corrected chi connectivity index (χ3v) is 5.48. The van der Waals surface area contributed by atoms with Gasteiger partial charge in [0.2, 0.25) is 0 Å². The fourth-order valence-electron chi connectivity index (χ4n) is 2.99. The zero-order valence-electron chi connectivity index (χ0n) is 17.5. The molecule has 150 valence electrons. The number of likely N-dealkylation sites (N-methyl/N-ethyl adjacent to an activating group) is 1. The molecular formula is C20H33BN2O4. The molecule has 1 saturated heterocycles. The number of hydrogen-bond donors (Lipinski definition) is 1. The third-order valence-electron chi connectivity index (χ3n) is 5.48. The average molecular weight is 376 g/mol. The third kappa shape index (κ3) is 5.54. The predicted molar refractivity (Wildman–Crippen MR) is 109 cm³/mol. The second kappa shape index (κ2) is 9.19. The second-order valence-corrected chi connectivity index (χ2v) is 8.07. The molecule has 1 heterocycles. The molecular weight excluding hydrogens is 343 g/mol. The van der Waals surface area contributed by atoms with Gasteiger partial charge in [0.1, 0.15) is 18.6 Å². The van der Waals surface area contributed by atoms with E-state index in [2.05, 4.69) is 17.1 Å². The van der Waals surface area contributed by atoms with Gasteiger partial charge in [-0.05, 0) is 59.3 Å². The van der Waals surface area contributed by atoms with Gasteiger partial charge in [-0.2, -0.15) is 0 Å². The van der Waals surface area contributed by atoms with Crippen molar-refractivity contribution in [3.05, 3.63) is 24.3 Å². The highest BCUT2D eigenvalue weighted by atomic mass is 16.7. The van der Waals surface area contributed by atoms with E-state index in [9.17, 15) is 4.79 Å². The van der Waals surface area contributed by atoms with E-state index in [1.165, 1.54) is 0 Å². The molecule has 1 N–H and O–H groups in total. The maximum Gasteiger partial charge on any atom is 0.494 e. The lowest BCUT2D eigenvalue weighted by Crippen LogP contribution is -2.42. The molecule has 0 radical (unpaired) electrons. The Labute approximate surface area is 163 Å². The molecule has 1 aromatic carbocycles.